The van der Waals surface area contributed by atoms with Crippen LogP contribution in [-0.2, 0) is 11.1 Å². The van der Waals surface area contributed by atoms with Crippen molar-refractivity contribution in [2.45, 2.75) is 58.6 Å². The predicted molar refractivity (Wildman–Crippen MR) is 74.9 cm³/mol. The lowest BCUT2D eigenvalue weighted by molar-refractivity contribution is 0.00557. The average molecular weight is 277 g/mol. The van der Waals surface area contributed by atoms with E-state index in [0.717, 1.165) is 38.8 Å². The predicted octanol–water partition coefficient (Wildman–Crippen LogP) is 1.86. The molecule has 0 aromatic carbocycles. The van der Waals surface area contributed by atoms with E-state index in [9.17, 15) is 9.32 Å². The zero-order valence-corrected chi connectivity index (χ0v) is 12.6. The van der Waals surface area contributed by atoms with Gasteiger partial charge in [-0.15, -0.1) is 0 Å². The largest absolute Gasteiger partial charge is 0.392 e. The van der Waals surface area contributed by atoms with Crippen molar-refractivity contribution in [2.75, 3.05) is 18.8 Å². The molecule has 4 nitrogen and oxygen atoms in total. The molecule has 18 heavy (non-hydrogen) atoms. The second kappa shape index (κ2) is 6.98. The minimum Gasteiger partial charge on any atom is -0.392 e. The van der Waals surface area contributed by atoms with Gasteiger partial charge in [-0.2, -0.15) is 0 Å². The zero-order chi connectivity index (χ0) is 13.8. The monoisotopic (exact) mass is 277 g/mol. The molecule has 5 heteroatoms. The highest BCUT2D eigenvalue weighted by molar-refractivity contribution is 7.79. The molecule has 0 aromatic rings. The van der Waals surface area contributed by atoms with Crippen LogP contribution in [0, 0.1) is 5.41 Å². The molecular weight excluding hydrogens is 250 g/mol. The first-order valence-electron chi connectivity index (χ1n) is 6.86. The van der Waals surface area contributed by atoms with E-state index in [4.69, 9.17) is 4.55 Å². The van der Waals surface area contributed by atoms with Crippen LogP contribution >= 0.6 is 0 Å². The Labute approximate surface area is 113 Å². The first kappa shape index (κ1) is 16.1. The molecule has 0 aliphatic carbocycles. The van der Waals surface area contributed by atoms with Gasteiger partial charge in [-0.3, -0.25) is 4.90 Å². The first-order valence-corrected chi connectivity index (χ1v) is 8.14. The maximum atomic E-state index is 10.8. The highest BCUT2D eigenvalue weighted by Gasteiger charge is 2.34. The standard InChI is InChI=1S/C13H27NO3S/c1-4-12(13(2,3)7-9-18(16)17)14-8-5-6-11(15)10-14/h11-12,15H,4-10H2,1-3H3,(H,16,17). The van der Waals surface area contributed by atoms with E-state index in [1.807, 2.05) is 0 Å². The smallest absolute Gasteiger partial charge is 0.152 e. The number of likely N-dealkylation sites (tertiary alicyclic amines) is 1. The summed E-state index contributed by atoms with van der Waals surface area (Å²) in [5, 5.41) is 9.78. The van der Waals surface area contributed by atoms with E-state index in [1.54, 1.807) is 0 Å². The van der Waals surface area contributed by atoms with Gasteiger partial charge in [-0.25, -0.2) is 4.21 Å². The van der Waals surface area contributed by atoms with E-state index in [2.05, 4.69) is 25.7 Å². The molecule has 108 valence electrons. The summed E-state index contributed by atoms with van der Waals surface area (Å²) in [4.78, 5) is 2.36. The van der Waals surface area contributed by atoms with Crippen LogP contribution < -0.4 is 0 Å². The maximum Gasteiger partial charge on any atom is 0.152 e. The number of rotatable bonds is 6. The van der Waals surface area contributed by atoms with Gasteiger partial charge in [0.15, 0.2) is 11.1 Å². The van der Waals surface area contributed by atoms with Crippen molar-refractivity contribution >= 4 is 11.1 Å². The third-order valence-electron chi connectivity index (χ3n) is 4.08. The summed E-state index contributed by atoms with van der Waals surface area (Å²) < 4.78 is 19.8. The second-order valence-electron chi connectivity index (χ2n) is 5.98. The van der Waals surface area contributed by atoms with Crippen LogP contribution in [0.1, 0.15) is 46.5 Å². The number of hydrogen-bond acceptors (Lipinski definition) is 3. The molecule has 3 unspecified atom stereocenters. The summed E-state index contributed by atoms with van der Waals surface area (Å²) in [5.74, 6) is 0.333. The van der Waals surface area contributed by atoms with Crippen LogP contribution in [0.2, 0.25) is 0 Å². The van der Waals surface area contributed by atoms with Crippen LogP contribution in [-0.4, -0.2) is 49.8 Å². The fourth-order valence-corrected chi connectivity index (χ4v) is 3.79. The summed E-state index contributed by atoms with van der Waals surface area (Å²) in [6, 6.07) is 0.371. The molecule has 0 spiro atoms. The number of aliphatic hydroxyl groups excluding tert-OH is 1. The average Bonchev–Trinajstić information content (AvgIpc) is 2.27. The molecule has 1 saturated heterocycles. The lowest BCUT2D eigenvalue weighted by atomic mass is 9.79. The second-order valence-corrected chi connectivity index (χ2v) is 7.03. The molecule has 0 radical (unpaired) electrons. The van der Waals surface area contributed by atoms with Crippen molar-refractivity contribution < 1.29 is 13.9 Å². The number of hydrogen-bond donors (Lipinski definition) is 2. The quantitative estimate of drug-likeness (QED) is 0.728. The third-order valence-corrected chi connectivity index (χ3v) is 4.63. The molecule has 0 bridgehead atoms. The summed E-state index contributed by atoms with van der Waals surface area (Å²) in [6.45, 7) is 8.25. The Kier molecular flexibility index (Phi) is 6.24. The molecule has 1 rings (SSSR count). The molecule has 1 aliphatic heterocycles. The lowest BCUT2D eigenvalue weighted by Crippen LogP contribution is -2.50. The molecule has 0 saturated carbocycles. The Morgan fingerprint density at radius 2 is 2.17 bits per heavy atom. The highest BCUT2D eigenvalue weighted by Crippen LogP contribution is 2.33. The molecular formula is C13H27NO3S. The van der Waals surface area contributed by atoms with E-state index in [1.165, 1.54) is 0 Å². The highest BCUT2D eigenvalue weighted by atomic mass is 32.2. The van der Waals surface area contributed by atoms with Gasteiger partial charge in [0.05, 0.1) is 6.10 Å². The Morgan fingerprint density at radius 3 is 2.67 bits per heavy atom. The van der Waals surface area contributed by atoms with Crippen molar-refractivity contribution in [3.63, 3.8) is 0 Å². The van der Waals surface area contributed by atoms with Gasteiger partial charge in [0.2, 0.25) is 0 Å². The normalized spacial score (nSPS) is 25.9. The summed E-state index contributed by atoms with van der Waals surface area (Å²) in [6.07, 6.45) is 3.47. The van der Waals surface area contributed by atoms with Gasteiger partial charge in [0.25, 0.3) is 0 Å². The van der Waals surface area contributed by atoms with Gasteiger partial charge in [-0.05, 0) is 37.6 Å². The minimum atomic E-state index is -1.71. The fourth-order valence-electron chi connectivity index (χ4n) is 3.09. The number of nitrogens with zero attached hydrogens (tertiary/aromatic N) is 1. The van der Waals surface area contributed by atoms with Crippen molar-refractivity contribution in [3.05, 3.63) is 0 Å². The topological polar surface area (TPSA) is 60.8 Å². The Morgan fingerprint density at radius 1 is 1.50 bits per heavy atom. The van der Waals surface area contributed by atoms with E-state index in [0.29, 0.717) is 11.8 Å². The zero-order valence-electron chi connectivity index (χ0n) is 11.8. The van der Waals surface area contributed by atoms with Gasteiger partial charge in [-0.1, -0.05) is 20.8 Å². The number of aliphatic hydroxyl groups is 1. The number of piperidine rings is 1. The minimum absolute atomic E-state index is 0.00417. The lowest BCUT2D eigenvalue weighted by Gasteiger charge is -2.44. The summed E-state index contributed by atoms with van der Waals surface area (Å²) >= 11 is -1.71. The van der Waals surface area contributed by atoms with Gasteiger partial charge in [0.1, 0.15) is 0 Å². The van der Waals surface area contributed by atoms with Crippen LogP contribution in [0.3, 0.4) is 0 Å². The Bertz CT molecular complexity index is 283. The van der Waals surface area contributed by atoms with Gasteiger partial charge < -0.3 is 9.66 Å². The van der Waals surface area contributed by atoms with Gasteiger partial charge >= 0.3 is 0 Å². The number of β-amino-alcohol motifs (C(OH)–C–C–N with tert-alkyl or cyclic N) is 1. The van der Waals surface area contributed by atoms with E-state index < -0.39 is 11.1 Å². The first-order chi connectivity index (χ1) is 8.36. The molecule has 2 N–H and O–H groups in total. The van der Waals surface area contributed by atoms with Crippen molar-refractivity contribution in [2.24, 2.45) is 5.41 Å². The maximum absolute atomic E-state index is 10.8. The van der Waals surface area contributed by atoms with E-state index in [-0.39, 0.29) is 11.5 Å². The van der Waals surface area contributed by atoms with Crippen LogP contribution in [0.25, 0.3) is 0 Å². The van der Waals surface area contributed by atoms with Gasteiger partial charge in [0, 0.05) is 18.3 Å². The van der Waals surface area contributed by atoms with Crippen molar-refractivity contribution in [3.8, 4) is 0 Å². The molecule has 1 fully saturated rings. The Hall–Kier alpha value is 0.0300. The Balaban J connectivity index is 2.64. The fraction of sp³-hybridized carbons (Fsp3) is 1.00. The van der Waals surface area contributed by atoms with Crippen LogP contribution in [0.5, 0.6) is 0 Å². The molecule has 0 amide bonds. The van der Waals surface area contributed by atoms with Crippen molar-refractivity contribution in [1.29, 1.82) is 0 Å². The van der Waals surface area contributed by atoms with E-state index >= 15 is 0 Å². The molecule has 1 heterocycles. The molecule has 0 aromatic heterocycles. The van der Waals surface area contributed by atoms with Crippen molar-refractivity contribution in [1.82, 2.24) is 4.90 Å². The van der Waals surface area contributed by atoms with Crippen LogP contribution in [0.15, 0.2) is 0 Å². The summed E-state index contributed by atoms with van der Waals surface area (Å²) in [5.41, 5.74) is 0.00417. The third kappa shape index (κ3) is 4.61. The molecule has 1 aliphatic rings. The summed E-state index contributed by atoms with van der Waals surface area (Å²) in [7, 11) is 0. The van der Waals surface area contributed by atoms with Crippen LogP contribution in [0.4, 0.5) is 0 Å². The SMILES string of the molecule is CCC(N1CCCC(O)C1)C(C)(C)CCS(=O)O. The molecule has 3 atom stereocenters.